The van der Waals surface area contributed by atoms with Crippen molar-refractivity contribution in [1.82, 2.24) is 14.8 Å². The van der Waals surface area contributed by atoms with Gasteiger partial charge in [-0.2, -0.15) is 4.68 Å². The zero-order valence-corrected chi connectivity index (χ0v) is 12.9. The molecule has 0 unspecified atom stereocenters. The van der Waals surface area contributed by atoms with Crippen LogP contribution in [-0.4, -0.2) is 20.5 Å². The quantitative estimate of drug-likeness (QED) is 0.581. The fourth-order valence-electron chi connectivity index (χ4n) is 2.64. The van der Waals surface area contributed by atoms with Gasteiger partial charge in [0.05, 0.1) is 0 Å². The first-order valence-corrected chi connectivity index (χ1v) is 7.55. The maximum Gasteiger partial charge on any atom is 0.437 e. The number of halogens is 1. The maximum absolute atomic E-state index is 13.0. The minimum atomic E-state index is -0.743. The number of carbonyl (C=O) groups is 1. The molecule has 0 aliphatic rings. The summed E-state index contributed by atoms with van der Waals surface area (Å²) < 4.78 is 19.0. The summed E-state index contributed by atoms with van der Waals surface area (Å²) in [5.74, 6) is -1.37. The second kappa shape index (κ2) is 5.86. The predicted molar refractivity (Wildman–Crippen MR) is 88.8 cm³/mol. The Morgan fingerprint density at radius 3 is 2.72 bits per heavy atom. The van der Waals surface area contributed by atoms with Gasteiger partial charge in [-0.05, 0) is 30.3 Å². The van der Waals surface area contributed by atoms with Gasteiger partial charge >= 0.3 is 5.76 Å². The van der Waals surface area contributed by atoms with Crippen molar-refractivity contribution in [3.8, 4) is 11.5 Å². The molecule has 7 heteroatoms. The van der Waals surface area contributed by atoms with Crippen LogP contribution in [0.15, 0.2) is 63.9 Å². The van der Waals surface area contributed by atoms with Crippen molar-refractivity contribution in [2.24, 2.45) is 0 Å². The van der Waals surface area contributed by atoms with Crippen molar-refractivity contribution < 1.29 is 13.6 Å². The SMILES string of the molecule is O=C(Cn1nc(-c2ccc(F)cc2)oc1=O)c1c[nH]c2ccccc12. The van der Waals surface area contributed by atoms with E-state index in [-0.39, 0.29) is 18.2 Å². The Balaban J connectivity index is 1.64. The summed E-state index contributed by atoms with van der Waals surface area (Å²) in [5, 5.41) is 4.80. The highest BCUT2D eigenvalue weighted by Gasteiger charge is 2.17. The van der Waals surface area contributed by atoms with Crippen LogP contribution in [0, 0.1) is 5.82 Å². The van der Waals surface area contributed by atoms with Gasteiger partial charge in [-0.15, -0.1) is 5.10 Å². The minimum absolute atomic E-state index is 0.0386. The number of para-hydroxylation sites is 1. The highest BCUT2D eigenvalue weighted by molar-refractivity contribution is 6.07. The van der Waals surface area contributed by atoms with Crippen LogP contribution in [-0.2, 0) is 6.54 Å². The van der Waals surface area contributed by atoms with Crippen molar-refractivity contribution in [2.75, 3.05) is 0 Å². The normalized spacial score (nSPS) is 11.1. The number of aromatic nitrogens is 3. The number of ketones is 1. The van der Waals surface area contributed by atoms with E-state index < -0.39 is 11.6 Å². The number of Topliss-reactive ketones (excluding diaryl/α,β-unsaturated/α-hetero) is 1. The van der Waals surface area contributed by atoms with E-state index in [0.717, 1.165) is 15.6 Å². The van der Waals surface area contributed by atoms with Gasteiger partial charge in [-0.3, -0.25) is 4.79 Å². The number of H-pyrrole nitrogens is 1. The molecule has 0 aliphatic heterocycles. The van der Waals surface area contributed by atoms with E-state index in [2.05, 4.69) is 10.1 Å². The zero-order chi connectivity index (χ0) is 17.4. The first-order chi connectivity index (χ1) is 12.1. The zero-order valence-electron chi connectivity index (χ0n) is 12.9. The van der Waals surface area contributed by atoms with E-state index in [1.165, 1.54) is 24.3 Å². The lowest BCUT2D eigenvalue weighted by Gasteiger charge is -1.98. The standard InChI is InChI=1S/C18H12FN3O3/c19-12-7-5-11(6-8-12)17-21-22(18(24)25-17)10-16(23)14-9-20-15-4-2-1-3-13(14)15/h1-9,20H,10H2. The topological polar surface area (TPSA) is 80.9 Å². The second-order valence-corrected chi connectivity index (χ2v) is 5.51. The lowest BCUT2D eigenvalue weighted by Crippen LogP contribution is -2.21. The van der Waals surface area contributed by atoms with Gasteiger partial charge in [0.1, 0.15) is 12.4 Å². The molecular weight excluding hydrogens is 325 g/mol. The summed E-state index contributed by atoms with van der Waals surface area (Å²) in [7, 11) is 0. The van der Waals surface area contributed by atoms with Crippen molar-refractivity contribution in [3.63, 3.8) is 0 Å². The first-order valence-electron chi connectivity index (χ1n) is 7.55. The Morgan fingerprint density at radius 1 is 1.16 bits per heavy atom. The van der Waals surface area contributed by atoms with Gasteiger partial charge in [0, 0.05) is 28.2 Å². The van der Waals surface area contributed by atoms with Crippen molar-refractivity contribution in [3.05, 3.63) is 76.7 Å². The van der Waals surface area contributed by atoms with E-state index in [0.29, 0.717) is 11.1 Å². The average molecular weight is 337 g/mol. The fraction of sp³-hybridized carbons (Fsp3) is 0.0556. The molecular formula is C18H12FN3O3. The fourth-order valence-corrected chi connectivity index (χ4v) is 2.64. The van der Waals surface area contributed by atoms with Crippen LogP contribution in [0.3, 0.4) is 0 Å². The van der Waals surface area contributed by atoms with E-state index in [4.69, 9.17) is 4.42 Å². The molecule has 0 fully saturated rings. The molecule has 4 rings (SSSR count). The van der Waals surface area contributed by atoms with Crippen LogP contribution < -0.4 is 5.76 Å². The third-order valence-corrected chi connectivity index (χ3v) is 3.88. The van der Waals surface area contributed by atoms with E-state index in [9.17, 15) is 14.0 Å². The highest BCUT2D eigenvalue weighted by atomic mass is 19.1. The second-order valence-electron chi connectivity index (χ2n) is 5.51. The molecule has 124 valence electrons. The van der Waals surface area contributed by atoms with Crippen LogP contribution in [0.25, 0.3) is 22.4 Å². The van der Waals surface area contributed by atoms with Gasteiger partial charge in [0.15, 0.2) is 5.78 Å². The van der Waals surface area contributed by atoms with Crippen molar-refractivity contribution >= 4 is 16.7 Å². The summed E-state index contributed by atoms with van der Waals surface area (Å²) in [6.07, 6.45) is 1.61. The molecule has 4 aromatic rings. The Hall–Kier alpha value is -3.48. The Bertz CT molecular complexity index is 1120. The van der Waals surface area contributed by atoms with Gasteiger partial charge < -0.3 is 9.40 Å². The molecule has 0 radical (unpaired) electrons. The molecule has 0 atom stereocenters. The molecule has 0 amide bonds. The Morgan fingerprint density at radius 2 is 1.92 bits per heavy atom. The molecule has 0 aliphatic carbocycles. The summed E-state index contributed by atoms with van der Waals surface area (Å²) >= 11 is 0. The monoisotopic (exact) mass is 337 g/mol. The number of rotatable bonds is 4. The van der Waals surface area contributed by atoms with Crippen LogP contribution in [0.5, 0.6) is 0 Å². The third kappa shape index (κ3) is 2.76. The van der Waals surface area contributed by atoms with Crippen LogP contribution in [0.4, 0.5) is 4.39 Å². The van der Waals surface area contributed by atoms with Gasteiger partial charge in [-0.1, -0.05) is 18.2 Å². The molecule has 25 heavy (non-hydrogen) atoms. The number of aromatic amines is 1. The van der Waals surface area contributed by atoms with Crippen molar-refractivity contribution in [1.29, 1.82) is 0 Å². The lowest BCUT2D eigenvalue weighted by atomic mass is 10.1. The predicted octanol–water partition coefficient (Wildman–Crippen LogP) is 3.01. The largest absolute Gasteiger partial charge is 0.437 e. The van der Waals surface area contributed by atoms with E-state index >= 15 is 0 Å². The molecule has 1 N–H and O–H groups in total. The number of fused-ring (bicyclic) bond motifs is 1. The van der Waals surface area contributed by atoms with Crippen LogP contribution in [0.1, 0.15) is 10.4 Å². The summed E-state index contributed by atoms with van der Waals surface area (Å²) in [4.78, 5) is 27.5. The van der Waals surface area contributed by atoms with Crippen LogP contribution >= 0.6 is 0 Å². The lowest BCUT2D eigenvalue weighted by molar-refractivity contribution is 0.0966. The highest BCUT2D eigenvalue weighted by Crippen LogP contribution is 2.19. The number of nitrogens with zero attached hydrogens (tertiary/aromatic N) is 2. The number of hydrogen-bond donors (Lipinski definition) is 1. The smallest absolute Gasteiger partial charge is 0.388 e. The number of carbonyl (C=O) groups excluding carboxylic acids is 1. The molecule has 0 saturated heterocycles. The molecule has 0 bridgehead atoms. The number of hydrogen-bond acceptors (Lipinski definition) is 4. The number of nitrogens with one attached hydrogen (secondary N) is 1. The first kappa shape index (κ1) is 15.1. The van der Waals surface area contributed by atoms with Gasteiger partial charge in [0.25, 0.3) is 0 Å². The molecule has 2 heterocycles. The number of benzene rings is 2. The van der Waals surface area contributed by atoms with E-state index in [1.807, 2.05) is 24.3 Å². The maximum atomic E-state index is 13.0. The average Bonchev–Trinajstić information content (AvgIpc) is 3.20. The Kier molecular flexibility index (Phi) is 3.53. The molecule has 6 nitrogen and oxygen atoms in total. The van der Waals surface area contributed by atoms with Gasteiger partial charge in [-0.25, -0.2) is 9.18 Å². The molecule has 2 aromatic carbocycles. The summed E-state index contributed by atoms with van der Waals surface area (Å²) in [6, 6.07) is 12.8. The minimum Gasteiger partial charge on any atom is -0.388 e. The van der Waals surface area contributed by atoms with Crippen LogP contribution in [0.2, 0.25) is 0 Å². The molecule has 0 spiro atoms. The molecule has 2 aromatic heterocycles. The molecule has 0 saturated carbocycles. The summed E-state index contributed by atoms with van der Waals surface area (Å²) in [5.41, 5.74) is 1.77. The Labute approximate surface area is 140 Å². The van der Waals surface area contributed by atoms with Crippen molar-refractivity contribution in [2.45, 2.75) is 6.54 Å². The van der Waals surface area contributed by atoms with Gasteiger partial charge in [0.2, 0.25) is 5.89 Å². The third-order valence-electron chi connectivity index (χ3n) is 3.88. The van der Waals surface area contributed by atoms with E-state index in [1.54, 1.807) is 6.20 Å². The summed E-state index contributed by atoms with van der Waals surface area (Å²) in [6.45, 7) is -0.245.